The molecule has 0 aromatic rings. The van der Waals surface area contributed by atoms with E-state index >= 15 is 0 Å². The van der Waals surface area contributed by atoms with Crippen LogP contribution in [0.1, 0.15) is 27.7 Å². The fraction of sp³-hybridized carbons (Fsp3) is 1.00. The van der Waals surface area contributed by atoms with Crippen LogP contribution in [0.5, 0.6) is 0 Å². The molecule has 0 saturated heterocycles. The number of hydrogen-bond donors (Lipinski definition) is 0. The Hall–Kier alpha value is 0.860. The quantitative estimate of drug-likeness (QED) is 0.552. The minimum atomic E-state index is 0.416. The Kier molecular flexibility index (Phi) is 9.06. The van der Waals surface area contributed by atoms with Gasteiger partial charge in [0.1, 0.15) is 0 Å². The zero-order chi connectivity index (χ0) is 9.40. The zero-order valence-electron chi connectivity index (χ0n) is 9.14. The highest BCUT2D eigenvalue weighted by molar-refractivity contribution is 7.61. The van der Waals surface area contributed by atoms with Gasteiger partial charge in [0, 0.05) is 0 Å². The predicted molar refractivity (Wildman–Crippen MR) is 65.7 cm³/mol. The number of hydrogen-bond acceptors (Lipinski definition) is 0. The van der Waals surface area contributed by atoms with Gasteiger partial charge in [0.05, 0.1) is 0 Å². The van der Waals surface area contributed by atoms with E-state index in [9.17, 15) is 0 Å². The molecule has 0 heterocycles. The van der Waals surface area contributed by atoms with Crippen LogP contribution in [0.4, 0.5) is 0 Å². The lowest BCUT2D eigenvalue weighted by Gasteiger charge is -2.18. The van der Waals surface area contributed by atoms with E-state index in [4.69, 9.17) is 0 Å². The van der Waals surface area contributed by atoms with Crippen LogP contribution < -0.4 is 0 Å². The van der Waals surface area contributed by atoms with E-state index in [1.165, 1.54) is 24.6 Å². The van der Waals surface area contributed by atoms with Crippen LogP contribution >= 0.6 is 15.8 Å². The van der Waals surface area contributed by atoms with E-state index in [1.807, 2.05) is 0 Å². The van der Waals surface area contributed by atoms with Gasteiger partial charge in [0.2, 0.25) is 0 Å². The van der Waals surface area contributed by atoms with Crippen molar-refractivity contribution < 1.29 is 0 Å². The molecule has 0 aliphatic rings. The van der Waals surface area contributed by atoms with Crippen molar-refractivity contribution in [2.75, 3.05) is 37.0 Å². The van der Waals surface area contributed by atoms with Crippen molar-refractivity contribution in [1.29, 1.82) is 0 Å². The van der Waals surface area contributed by atoms with Crippen LogP contribution in [-0.2, 0) is 0 Å². The molecule has 0 aromatic heterocycles. The first-order valence-corrected chi connectivity index (χ1v) is 9.02. The van der Waals surface area contributed by atoms with Gasteiger partial charge >= 0.3 is 0 Å². The molecule has 0 aliphatic heterocycles. The van der Waals surface area contributed by atoms with Gasteiger partial charge in [-0.15, -0.1) is 15.8 Å². The SMILES string of the molecule is CCP(CC)CCP(CC)CC. The van der Waals surface area contributed by atoms with Crippen LogP contribution in [-0.4, -0.2) is 37.0 Å². The molecule has 0 fully saturated rings. The zero-order valence-corrected chi connectivity index (χ0v) is 10.9. The molecule has 0 N–H and O–H groups in total. The van der Waals surface area contributed by atoms with Gasteiger partial charge in [0.15, 0.2) is 0 Å². The molecule has 0 amide bonds. The lowest BCUT2D eigenvalue weighted by Crippen LogP contribution is -1.97. The van der Waals surface area contributed by atoms with Crippen molar-refractivity contribution in [2.24, 2.45) is 0 Å². The van der Waals surface area contributed by atoms with Crippen molar-refractivity contribution in [1.82, 2.24) is 0 Å². The van der Waals surface area contributed by atoms with Crippen LogP contribution in [0.3, 0.4) is 0 Å². The van der Waals surface area contributed by atoms with Gasteiger partial charge in [0.25, 0.3) is 0 Å². The van der Waals surface area contributed by atoms with Crippen LogP contribution in [0.25, 0.3) is 0 Å². The van der Waals surface area contributed by atoms with Gasteiger partial charge in [-0.1, -0.05) is 27.7 Å². The smallest absolute Gasteiger partial charge is 0.0287 e. The summed E-state index contributed by atoms with van der Waals surface area (Å²) in [6.07, 6.45) is 8.89. The summed E-state index contributed by atoms with van der Waals surface area (Å²) in [5, 5.41) is 0. The fourth-order valence-electron chi connectivity index (χ4n) is 1.36. The average molecular weight is 206 g/mol. The van der Waals surface area contributed by atoms with Crippen molar-refractivity contribution in [3.63, 3.8) is 0 Å². The van der Waals surface area contributed by atoms with Gasteiger partial charge in [-0.3, -0.25) is 0 Å². The standard InChI is InChI=1S/C10H24P2/c1-5-11(6-2)9-10-12(7-3)8-4/h5-10H2,1-4H3. The highest BCUT2D eigenvalue weighted by Gasteiger charge is 2.06. The van der Waals surface area contributed by atoms with Crippen LogP contribution in [0, 0.1) is 0 Å². The van der Waals surface area contributed by atoms with Gasteiger partial charge in [-0.2, -0.15) is 0 Å². The Morgan fingerprint density at radius 2 is 0.833 bits per heavy atom. The Balaban J connectivity index is 3.49. The lowest BCUT2D eigenvalue weighted by molar-refractivity contribution is 1.31. The third-order valence-electron chi connectivity index (χ3n) is 2.52. The summed E-state index contributed by atoms with van der Waals surface area (Å²) in [6, 6.07) is 0. The molecular weight excluding hydrogens is 182 g/mol. The lowest BCUT2D eigenvalue weighted by atomic mass is 10.9. The van der Waals surface area contributed by atoms with E-state index in [-0.39, 0.29) is 0 Å². The fourth-order valence-corrected chi connectivity index (χ4v) is 5.78. The normalized spacial score (nSPS) is 11.5. The van der Waals surface area contributed by atoms with E-state index in [0.717, 1.165) is 0 Å². The molecule has 0 unspecified atom stereocenters. The second-order valence-corrected chi connectivity index (χ2v) is 9.16. The van der Waals surface area contributed by atoms with E-state index in [2.05, 4.69) is 27.7 Å². The topological polar surface area (TPSA) is 0 Å². The minimum absolute atomic E-state index is 0.416. The molecule has 74 valence electrons. The first-order valence-electron chi connectivity index (χ1n) is 5.23. The largest absolute Gasteiger partial charge is 0.107 e. The average Bonchev–Trinajstić information content (AvgIpc) is 2.13. The van der Waals surface area contributed by atoms with E-state index in [1.54, 1.807) is 12.3 Å². The maximum Gasteiger partial charge on any atom is -0.0287 e. The maximum atomic E-state index is 2.36. The van der Waals surface area contributed by atoms with Gasteiger partial charge < -0.3 is 0 Å². The van der Waals surface area contributed by atoms with Gasteiger partial charge in [-0.25, -0.2) is 0 Å². The first-order chi connectivity index (χ1) is 5.78. The van der Waals surface area contributed by atoms with Crippen molar-refractivity contribution in [3.8, 4) is 0 Å². The van der Waals surface area contributed by atoms with Crippen molar-refractivity contribution in [3.05, 3.63) is 0 Å². The van der Waals surface area contributed by atoms with Crippen molar-refractivity contribution in [2.45, 2.75) is 27.7 Å². The summed E-state index contributed by atoms with van der Waals surface area (Å²) in [6.45, 7) is 9.43. The summed E-state index contributed by atoms with van der Waals surface area (Å²) in [4.78, 5) is 0. The first kappa shape index (κ1) is 12.9. The molecule has 12 heavy (non-hydrogen) atoms. The summed E-state index contributed by atoms with van der Waals surface area (Å²) < 4.78 is 0. The predicted octanol–water partition coefficient (Wildman–Crippen LogP) is 4.03. The second-order valence-electron chi connectivity index (χ2n) is 3.05. The second kappa shape index (κ2) is 8.46. The maximum absolute atomic E-state index is 2.36. The Bertz CT molecular complexity index is 73.8. The summed E-state index contributed by atoms with van der Waals surface area (Å²) in [5.74, 6) is 0. The van der Waals surface area contributed by atoms with Gasteiger partial charge in [-0.05, 0) is 37.0 Å². The summed E-state index contributed by atoms with van der Waals surface area (Å²) >= 11 is 0. The highest BCUT2D eigenvalue weighted by atomic mass is 31.1. The van der Waals surface area contributed by atoms with Crippen LogP contribution in [0.15, 0.2) is 0 Å². The molecule has 0 aliphatic carbocycles. The van der Waals surface area contributed by atoms with E-state index < -0.39 is 0 Å². The van der Waals surface area contributed by atoms with Crippen LogP contribution in [0.2, 0.25) is 0 Å². The van der Waals surface area contributed by atoms with Crippen molar-refractivity contribution >= 4 is 15.8 Å². The molecule has 0 aromatic carbocycles. The molecule has 0 atom stereocenters. The molecule has 0 spiro atoms. The third-order valence-corrected chi connectivity index (χ3v) is 8.16. The summed E-state index contributed by atoms with van der Waals surface area (Å²) in [7, 11) is 0.832. The third kappa shape index (κ3) is 5.50. The molecule has 0 nitrogen and oxygen atoms in total. The Morgan fingerprint density at radius 1 is 0.583 bits per heavy atom. The minimum Gasteiger partial charge on any atom is -0.107 e. The molecular formula is C10H24P2. The molecule has 0 rings (SSSR count). The molecule has 0 saturated carbocycles. The molecule has 0 radical (unpaired) electrons. The highest BCUT2D eigenvalue weighted by Crippen LogP contribution is 2.41. The number of rotatable bonds is 7. The Labute approximate surface area is 81.0 Å². The summed E-state index contributed by atoms with van der Waals surface area (Å²) in [5.41, 5.74) is 0. The Morgan fingerprint density at radius 3 is 1.00 bits per heavy atom. The van der Waals surface area contributed by atoms with E-state index in [0.29, 0.717) is 15.8 Å². The monoisotopic (exact) mass is 206 g/mol. The molecule has 2 heteroatoms. The molecule has 0 bridgehead atoms.